The molecule has 0 aromatic carbocycles. The monoisotopic (exact) mass is 168 g/mol. The maximum atomic E-state index is 9.56. The Morgan fingerprint density at radius 2 is 1.90 bits per heavy atom. The Bertz CT molecular complexity index is 89.6. The predicted molar refractivity (Wildman–Crippen MR) is 39.0 cm³/mol. The van der Waals surface area contributed by atoms with Crippen molar-refractivity contribution < 1.29 is 19.1 Å². The summed E-state index contributed by atoms with van der Waals surface area (Å²) >= 11 is 0. The average Bonchev–Trinajstić information content (AvgIpc) is 1.82. The third-order valence-electron chi connectivity index (χ3n) is 0.676. The van der Waals surface area contributed by atoms with Crippen molar-refractivity contribution in [3.8, 4) is 0 Å². The van der Waals surface area contributed by atoms with Crippen LogP contribution in [0.15, 0.2) is 0 Å². The number of hydrogen-bond acceptors (Lipinski definition) is 2. The topological polar surface area (TPSA) is 74.6 Å². The summed E-state index contributed by atoms with van der Waals surface area (Å²) in [5.41, 5.74) is 0. The molecule has 0 heterocycles. The summed E-state index contributed by atoms with van der Waals surface area (Å²) in [6, 6.07) is 0. The van der Waals surface area contributed by atoms with Gasteiger partial charge in [0.25, 0.3) is 0 Å². The van der Waals surface area contributed by atoms with Crippen molar-refractivity contribution in [2.24, 2.45) is 0 Å². The molecule has 0 spiro atoms. The Kier molecular flexibility index (Phi) is 14.5. The maximum absolute atomic E-state index is 9.56. The average molecular weight is 168 g/mol. The molecule has 0 aliphatic rings. The molecule has 0 fully saturated rings. The summed E-state index contributed by atoms with van der Waals surface area (Å²) in [5, 5.41) is 0. The Labute approximate surface area is 60.8 Å². The van der Waals surface area contributed by atoms with Gasteiger partial charge in [-0.15, -0.1) is 0 Å². The summed E-state index contributed by atoms with van der Waals surface area (Å²) < 4.78 is 8.74. The van der Waals surface area contributed by atoms with E-state index in [2.05, 4.69) is 6.92 Å². The van der Waals surface area contributed by atoms with E-state index in [-0.39, 0.29) is 0 Å². The first-order valence-corrected chi connectivity index (χ1v) is 4.31. The zero-order valence-corrected chi connectivity index (χ0v) is 6.91. The zero-order chi connectivity index (χ0) is 8.41. The highest BCUT2D eigenvalue weighted by molar-refractivity contribution is 7.30. The molecule has 0 unspecified atom stereocenters. The van der Waals surface area contributed by atoms with Crippen LogP contribution in [0.4, 0.5) is 0 Å². The van der Waals surface area contributed by atoms with Crippen LogP contribution in [0.25, 0.3) is 0 Å². The second kappa shape index (κ2) is 11.6. The number of hydrogen-bond donors (Lipinski definition) is 2. The number of carbonyl (C=O) groups is 1. The molecule has 10 heavy (non-hydrogen) atoms. The molecule has 0 amide bonds. The van der Waals surface area contributed by atoms with Gasteiger partial charge in [-0.3, -0.25) is 4.57 Å². The van der Waals surface area contributed by atoms with E-state index in [4.69, 9.17) is 14.4 Å². The van der Waals surface area contributed by atoms with Gasteiger partial charge in [-0.1, -0.05) is 13.3 Å². The first-order chi connectivity index (χ1) is 4.65. The molecule has 0 bridgehead atoms. The van der Waals surface area contributed by atoms with Gasteiger partial charge >= 0.3 is 8.25 Å². The molecule has 0 aromatic rings. The fraction of sp³-hybridized carbons (Fsp3) is 0.800. The van der Waals surface area contributed by atoms with Crippen molar-refractivity contribution in [1.82, 2.24) is 0 Å². The molecule has 2 N–H and O–H groups in total. The molecule has 0 aliphatic carbocycles. The lowest BCUT2D eigenvalue weighted by Gasteiger charge is -1.79. The van der Waals surface area contributed by atoms with Crippen molar-refractivity contribution in [3.63, 3.8) is 0 Å². The van der Waals surface area contributed by atoms with Crippen LogP contribution in [-0.2, 0) is 9.36 Å². The van der Waals surface area contributed by atoms with Crippen LogP contribution < -0.4 is 0 Å². The van der Waals surface area contributed by atoms with E-state index in [9.17, 15) is 4.79 Å². The van der Waals surface area contributed by atoms with Gasteiger partial charge in [-0.05, 0) is 6.42 Å². The number of aldehydes is 1. The fourth-order valence-corrected chi connectivity index (χ4v) is 0.287. The van der Waals surface area contributed by atoms with Crippen molar-refractivity contribution in [2.75, 3.05) is 0 Å². The molecular formula is C5H13O4P. The zero-order valence-electron chi connectivity index (χ0n) is 5.91. The van der Waals surface area contributed by atoms with Crippen molar-refractivity contribution >= 4 is 14.5 Å². The smallest absolute Gasteiger partial charge is 0.314 e. The molecule has 0 aliphatic heterocycles. The molecule has 0 atom stereocenters. The van der Waals surface area contributed by atoms with E-state index < -0.39 is 8.25 Å². The summed E-state index contributed by atoms with van der Waals surface area (Å²) in [4.78, 5) is 23.9. The van der Waals surface area contributed by atoms with Gasteiger partial charge in [0.15, 0.2) is 0 Å². The highest BCUT2D eigenvalue weighted by atomic mass is 31.1. The number of unbranched alkanes of at least 4 members (excludes halogenated alkanes) is 2. The summed E-state index contributed by atoms with van der Waals surface area (Å²) in [6.45, 7) is 2.07. The second-order valence-electron chi connectivity index (χ2n) is 1.59. The minimum atomic E-state index is -3.13. The van der Waals surface area contributed by atoms with E-state index in [0.29, 0.717) is 0 Å². The van der Waals surface area contributed by atoms with Crippen LogP contribution in [0.3, 0.4) is 0 Å². The summed E-state index contributed by atoms with van der Waals surface area (Å²) in [5.74, 6) is 0. The molecule has 0 saturated heterocycles. The Balaban J connectivity index is 0. The van der Waals surface area contributed by atoms with E-state index in [1.165, 1.54) is 0 Å². The molecular weight excluding hydrogens is 155 g/mol. The van der Waals surface area contributed by atoms with Gasteiger partial charge in [0.1, 0.15) is 6.29 Å². The number of carbonyl (C=O) groups excluding carboxylic acids is 1. The molecule has 0 aromatic heterocycles. The molecule has 5 heteroatoms. The fourth-order valence-electron chi connectivity index (χ4n) is 0.287. The van der Waals surface area contributed by atoms with Crippen molar-refractivity contribution in [3.05, 3.63) is 0 Å². The van der Waals surface area contributed by atoms with Crippen LogP contribution in [0.2, 0.25) is 0 Å². The third-order valence-corrected chi connectivity index (χ3v) is 0.676. The van der Waals surface area contributed by atoms with Gasteiger partial charge in [0.05, 0.1) is 0 Å². The molecule has 4 nitrogen and oxygen atoms in total. The van der Waals surface area contributed by atoms with Crippen LogP contribution in [0, 0.1) is 0 Å². The minimum absolute atomic E-state index is 0.733. The summed E-state index contributed by atoms with van der Waals surface area (Å²) in [7, 11) is -3.13. The molecule has 62 valence electrons. The Morgan fingerprint density at radius 1 is 1.50 bits per heavy atom. The highest BCUT2D eigenvalue weighted by Crippen LogP contribution is 1.98. The Hall–Kier alpha value is -0.180. The maximum Gasteiger partial charge on any atom is 0.314 e. The number of rotatable bonds is 3. The SMILES string of the molecule is CCCCC=O.O=[PH](O)O. The van der Waals surface area contributed by atoms with Crippen LogP contribution >= 0.6 is 8.25 Å². The third kappa shape index (κ3) is 45.7. The quantitative estimate of drug-likeness (QED) is 0.370. The summed E-state index contributed by atoms with van der Waals surface area (Å²) in [6.07, 6.45) is 3.86. The van der Waals surface area contributed by atoms with Crippen LogP contribution in [0.1, 0.15) is 26.2 Å². The molecule has 0 saturated carbocycles. The molecule has 0 radical (unpaired) electrons. The van der Waals surface area contributed by atoms with Crippen LogP contribution in [-0.4, -0.2) is 16.1 Å². The van der Waals surface area contributed by atoms with Crippen molar-refractivity contribution in [2.45, 2.75) is 26.2 Å². The lowest BCUT2D eigenvalue weighted by Crippen LogP contribution is -1.70. The standard InChI is InChI=1S/C5H10O.H3O3P/c1-2-3-4-5-6;1-4(2)3/h5H,2-4H2,1H3;4H,(H2,1,2,3). The highest BCUT2D eigenvalue weighted by Gasteiger charge is 1.74. The first-order valence-electron chi connectivity index (χ1n) is 3.00. The van der Waals surface area contributed by atoms with Gasteiger partial charge in [-0.25, -0.2) is 0 Å². The largest absolute Gasteiger partial charge is 0.326 e. The van der Waals surface area contributed by atoms with Gasteiger partial charge < -0.3 is 14.6 Å². The van der Waals surface area contributed by atoms with Gasteiger partial charge in [0, 0.05) is 6.42 Å². The lowest BCUT2D eigenvalue weighted by molar-refractivity contribution is -0.107. The van der Waals surface area contributed by atoms with E-state index in [1.54, 1.807) is 0 Å². The van der Waals surface area contributed by atoms with E-state index in [0.717, 1.165) is 25.5 Å². The van der Waals surface area contributed by atoms with Crippen LogP contribution in [0.5, 0.6) is 0 Å². The van der Waals surface area contributed by atoms with Gasteiger partial charge in [0.2, 0.25) is 0 Å². The first kappa shape index (κ1) is 12.5. The van der Waals surface area contributed by atoms with Crippen molar-refractivity contribution in [1.29, 1.82) is 0 Å². The normalized spacial score (nSPS) is 8.40. The predicted octanol–water partition coefficient (Wildman–Crippen LogP) is 0.736. The minimum Gasteiger partial charge on any atom is -0.326 e. The van der Waals surface area contributed by atoms with E-state index in [1.807, 2.05) is 0 Å². The lowest BCUT2D eigenvalue weighted by atomic mass is 10.3. The molecule has 0 rings (SSSR count). The second-order valence-corrected chi connectivity index (χ2v) is 2.16. The van der Waals surface area contributed by atoms with Gasteiger partial charge in [-0.2, -0.15) is 0 Å². The van der Waals surface area contributed by atoms with E-state index >= 15 is 0 Å². The Morgan fingerprint density at radius 3 is 2.00 bits per heavy atom.